The third kappa shape index (κ3) is 2.70. The molecule has 1 aromatic heterocycles. The summed E-state index contributed by atoms with van der Waals surface area (Å²) in [6.45, 7) is 0.720. The Morgan fingerprint density at radius 2 is 2.22 bits per heavy atom. The fourth-order valence-corrected chi connectivity index (χ4v) is 3.57. The average molecular weight is 322 g/mol. The van der Waals surface area contributed by atoms with Crippen LogP contribution in [0, 0.1) is 0 Å². The second-order valence-electron chi connectivity index (χ2n) is 4.20. The van der Waals surface area contributed by atoms with Crippen molar-refractivity contribution in [2.24, 2.45) is 0 Å². The predicted octanol–water partition coefficient (Wildman–Crippen LogP) is 3.94. The predicted molar refractivity (Wildman–Crippen MR) is 77.2 cm³/mol. The maximum atomic E-state index is 5.79. The highest BCUT2D eigenvalue weighted by molar-refractivity contribution is 9.10. The summed E-state index contributed by atoms with van der Waals surface area (Å²) in [7, 11) is 0. The fraction of sp³-hybridized carbons (Fsp3) is 0.214. The number of aromatic nitrogens is 1. The monoisotopic (exact) mass is 321 g/mol. The first-order valence-corrected chi connectivity index (χ1v) is 7.46. The molecule has 0 radical (unpaired) electrons. The first-order valence-electron chi connectivity index (χ1n) is 5.79. The third-order valence-corrected chi connectivity index (χ3v) is 4.55. The molecule has 1 aromatic carbocycles. The Hall–Kier alpha value is -1.00. The van der Waals surface area contributed by atoms with Crippen LogP contribution in [0.5, 0.6) is 5.75 Å². The number of nitrogens with zero attached hydrogens (tertiary/aromatic N) is 1. The maximum Gasteiger partial charge on any atom is 0.138 e. The second kappa shape index (κ2) is 5.33. The molecular formula is C14H12BrNOS. The van der Waals surface area contributed by atoms with Gasteiger partial charge < -0.3 is 4.74 Å². The average Bonchev–Trinajstić information content (AvgIpc) is 2.79. The SMILES string of the molecule is Brc1cncc(OCC2Cc3ccccc3S2)c1. The zero-order valence-electron chi connectivity index (χ0n) is 9.67. The molecule has 0 spiro atoms. The molecule has 3 rings (SSSR count). The van der Waals surface area contributed by atoms with Gasteiger partial charge in [-0.1, -0.05) is 18.2 Å². The van der Waals surface area contributed by atoms with E-state index in [4.69, 9.17) is 4.74 Å². The van der Waals surface area contributed by atoms with Gasteiger partial charge in [0.25, 0.3) is 0 Å². The number of pyridine rings is 1. The Bertz CT molecular complexity index is 536. The van der Waals surface area contributed by atoms with Crippen molar-refractivity contribution in [2.45, 2.75) is 16.6 Å². The van der Waals surface area contributed by atoms with E-state index < -0.39 is 0 Å². The summed E-state index contributed by atoms with van der Waals surface area (Å²) in [5.41, 5.74) is 1.43. The number of ether oxygens (including phenoxy) is 1. The van der Waals surface area contributed by atoms with Crippen molar-refractivity contribution in [3.63, 3.8) is 0 Å². The van der Waals surface area contributed by atoms with Crippen LogP contribution in [-0.2, 0) is 6.42 Å². The molecule has 92 valence electrons. The molecule has 0 amide bonds. The minimum atomic E-state index is 0.501. The number of fused-ring (bicyclic) bond motifs is 1. The van der Waals surface area contributed by atoms with Gasteiger partial charge in [-0.3, -0.25) is 4.98 Å². The highest BCUT2D eigenvalue weighted by Crippen LogP contribution is 2.36. The van der Waals surface area contributed by atoms with Gasteiger partial charge in [0.1, 0.15) is 12.4 Å². The first-order chi connectivity index (χ1) is 8.81. The quantitative estimate of drug-likeness (QED) is 0.854. The van der Waals surface area contributed by atoms with Crippen molar-refractivity contribution in [1.82, 2.24) is 4.98 Å². The van der Waals surface area contributed by atoms with Crippen molar-refractivity contribution in [3.8, 4) is 5.75 Å². The van der Waals surface area contributed by atoms with E-state index in [-0.39, 0.29) is 0 Å². The lowest BCUT2D eigenvalue weighted by atomic mass is 10.1. The molecular weight excluding hydrogens is 310 g/mol. The molecule has 2 heterocycles. The van der Waals surface area contributed by atoms with Crippen LogP contribution >= 0.6 is 27.7 Å². The van der Waals surface area contributed by atoms with E-state index in [1.807, 2.05) is 17.8 Å². The summed E-state index contributed by atoms with van der Waals surface area (Å²) in [5, 5.41) is 0.501. The van der Waals surface area contributed by atoms with E-state index in [0.717, 1.165) is 23.2 Å². The van der Waals surface area contributed by atoms with E-state index in [9.17, 15) is 0 Å². The molecule has 1 atom stereocenters. The molecule has 1 aliphatic rings. The molecule has 0 N–H and O–H groups in total. The van der Waals surface area contributed by atoms with Gasteiger partial charge in [0.05, 0.1) is 6.20 Å². The largest absolute Gasteiger partial charge is 0.491 e. The highest BCUT2D eigenvalue weighted by atomic mass is 79.9. The van der Waals surface area contributed by atoms with Gasteiger partial charge in [-0.15, -0.1) is 11.8 Å². The fourth-order valence-electron chi connectivity index (χ4n) is 2.01. The van der Waals surface area contributed by atoms with Gasteiger partial charge in [0, 0.05) is 20.8 Å². The Labute approximate surface area is 119 Å². The summed E-state index contributed by atoms with van der Waals surface area (Å²) >= 11 is 5.29. The first kappa shape index (κ1) is 12.1. The summed E-state index contributed by atoms with van der Waals surface area (Å²) < 4.78 is 6.74. The molecule has 0 fully saturated rings. The summed E-state index contributed by atoms with van der Waals surface area (Å²) in [4.78, 5) is 5.48. The van der Waals surface area contributed by atoms with Crippen LogP contribution in [0.3, 0.4) is 0 Å². The molecule has 0 aliphatic carbocycles. The van der Waals surface area contributed by atoms with Crippen molar-refractivity contribution >= 4 is 27.7 Å². The van der Waals surface area contributed by atoms with Crippen molar-refractivity contribution in [3.05, 3.63) is 52.8 Å². The van der Waals surface area contributed by atoms with E-state index in [1.165, 1.54) is 10.5 Å². The normalized spacial score (nSPS) is 17.5. The standard InChI is InChI=1S/C14H12BrNOS/c15-11-6-12(8-16-7-11)17-9-13-5-10-3-1-2-4-14(10)18-13/h1-4,6-8,13H,5,9H2. The number of benzene rings is 1. The van der Waals surface area contributed by atoms with Gasteiger partial charge in [0.15, 0.2) is 0 Å². The lowest BCUT2D eigenvalue weighted by Crippen LogP contribution is -2.13. The number of thioether (sulfide) groups is 1. The van der Waals surface area contributed by atoms with Crippen LogP contribution in [0.4, 0.5) is 0 Å². The van der Waals surface area contributed by atoms with E-state index in [0.29, 0.717) is 5.25 Å². The number of halogens is 1. The smallest absolute Gasteiger partial charge is 0.138 e. The Kier molecular flexibility index (Phi) is 3.57. The molecule has 4 heteroatoms. The van der Waals surface area contributed by atoms with E-state index >= 15 is 0 Å². The van der Waals surface area contributed by atoms with Crippen LogP contribution in [-0.4, -0.2) is 16.8 Å². The minimum absolute atomic E-state index is 0.501. The van der Waals surface area contributed by atoms with Crippen LogP contribution in [0.2, 0.25) is 0 Å². The lowest BCUT2D eigenvalue weighted by molar-refractivity contribution is 0.316. The lowest BCUT2D eigenvalue weighted by Gasteiger charge is -2.10. The number of hydrogen-bond acceptors (Lipinski definition) is 3. The topological polar surface area (TPSA) is 22.1 Å². The maximum absolute atomic E-state index is 5.79. The summed E-state index contributed by atoms with van der Waals surface area (Å²) in [5.74, 6) is 0.820. The molecule has 0 bridgehead atoms. The molecule has 2 nitrogen and oxygen atoms in total. The van der Waals surface area contributed by atoms with Crippen LogP contribution in [0.25, 0.3) is 0 Å². The van der Waals surface area contributed by atoms with Gasteiger partial charge in [-0.05, 0) is 40.0 Å². The van der Waals surface area contributed by atoms with Gasteiger partial charge >= 0.3 is 0 Å². The zero-order valence-corrected chi connectivity index (χ0v) is 12.1. The zero-order chi connectivity index (χ0) is 12.4. The molecule has 2 aromatic rings. The van der Waals surface area contributed by atoms with Gasteiger partial charge in [0.2, 0.25) is 0 Å². The Morgan fingerprint density at radius 3 is 3.06 bits per heavy atom. The van der Waals surface area contributed by atoms with Crippen molar-refractivity contribution in [2.75, 3.05) is 6.61 Å². The summed E-state index contributed by atoms with van der Waals surface area (Å²) in [6.07, 6.45) is 4.59. The third-order valence-electron chi connectivity index (χ3n) is 2.83. The summed E-state index contributed by atoms with van der Waals surface area (Å²) in [6, 6.07) is 10.5. The van der Waals surface area contributed by atoms with Crippen molar-refractivity contribution < 1.29 is 4.74 Å². The van der Waals surface area contributed by atoms with E-state index in [2.05, 4.69) is 45.2 Å². The number of rotatable bonds is 3. The van der Waals surface area contributed by atoms with Crippen LogP contribution < -0.4 is 4.74 Å². The molecule has 0 saturated carbocycles. The minimum Gasteiger partial charge on any atom is -0.491 e. The van der Waals surface area contributed by atoms with Crippen LogP contribution in [0.1, 0.15) is 5.56 Å². The molecule has 1 unspecified atom stereocenters. The van der Waals surface area contributed by atoms with Gasteiger partial charge in [-0.2, -0.15) is 0 Å². The Morgan fingerprint density at radius 1 is 1.33 bits per heavy atom. The molecule has 0 saturated heterocycles. The van der Waals surface area contributed by atoms with Gasteiger partial charge in [-0.25, -0.2) is 0 Å². The van der Waals surface area contributed by atoms with E-state index in [1.54, 1.807) is 12.4 Å². The highest BCUT2D eigenvalue weighted by Gasteiger charge is 2.22. The number of hydrogen-bond donors (Lipinski definition) is 0. The molecule has 1 aliphatic heterocycles. The molecule has 18 heavy (non-hydrogen) atoms. The Balaban J connectivity index is 1.60. The second-order valence-corrected chi connectivity index (χ2v) is 6.46. The van der Waals surface area contributed by atoms with Crippen molar-refractivity contribution in [1.29, 1.82) is 0 Å². The van der Waals surface area contributed by atoms with Crippen LogP contribution in [0.15, 0.2) is 52.1 Å².